The number of benzene rings is 2. The van der Waals surface area contributed by atoms with E-state index in [9.17, 15) is 13.2 Å². The first-order valence-electron chi connectivity index (χ1n) is 9.44. The van der Waals surface area contributed by atoms with Crippen LogP contribution in [-0.2, 0) is 14.8 Å². The molecule has 0 bridgehead atoms. The summed E-state index contributed by atoms with van der Waals surface area (Å²) in [6.45, 7) is 11.2. The number of hydrogen-bond donors (Lipinski definition) is 1. The van der Waals surface area contributed by atoms with Crippen molar-refractivity contribution in [1.29, 1.82) is 0 Å². The molecule has 0 spiro atoms. The van der Waals surface area contributed by atoms with Crippen LogP contribution in [-0.4, -0.2) is 26.4 Å². The highest BCUT2D eigenvalue weighted by molar-refractivity contribution is 7.92. The van der Waals surface area contributed by atoms with Crippen LogP contribution >= 0.6 is 0 Å². The van der Waals surface area contributed by atoms with E-state index in [2.05, 4.69) is 5.32 Å². The van der Waals surface area contributed by atoms with Gasteiger partial charge in [-0.05, 0) is 70.4 Å². The van der Waals surface area contributed by atoms with Gasteiger partial charge in [0, 0.05) is 5.54 Å². The fraction of sp³-hybridized carbons (Fsp3) is 0.409. The summed E-state index contributed by atoms with van der Waals surface area (Å²) in [5.41, 5.74) is 2.81. The maximum Gasteiger partial charge on any atom is 0.264 e. The highest BCUT2D eigenvalue weighted by Crippen LogP contribution is 2.28. The fourth-order valence-corrected chi connectivity index (χ4v) is 4.24. The molecule has 0 aliphatic carbocycles. The third-order valence-electron chi connectivity index (χ3n) is 4.89. The van der Waals surface area contributed by atoms with Crippen molar-refractivity contribution in [2.24, 2.45) is 0 Å². The Labute approximate surface area is 168 Å². The van der Waals surface area contributed by atoms with Crippen LogP contribution in [0, 0.1) is 20.8 Å². The summed E-state index contributed by atoms with van der Waals surface area (Å²) >= 11 is 0. The smallest absolute Gasteiger partial charge is 0.264 e. The number of anilines is 1. The minimum atomic E-state index is -3.90. The molecule has 6 heteroatoms. The van der Waals surface area contributed by atoms with E-state index in [-0.39, 0.29) is 17.3 Å². The lowest BCUT2D eigenvalue weighted by Gasteiger charge is -2.29. The van der Waals surface area contributed by atoms with Crippen molar-refractivity contribution < 1.29 is 13.2 Å². The third-order valence-corrected chi connectivity index (χ3v) is 6.67. The van der Waals surface area contributed by atoms with Crippen LogP contribution < -0.4 is 9.62 Å². The third kappa shape index (κ3) is 5.13. The summed E-state index contributed by atoms with van der Waals surface area (Å²) < 4.78 is 28.1. The zero-order valence-corrected chi connectivity index (χ0v) is 18.4. The molecular weight excluding hydrogens is 372 g/mol. The number of sulfonamides is 1. The number of amides is 1. The van der Waals surface area contributed by atoms with Gasteiger partial charge in [0.1, 0.15) is 6.54 Å². The van der Waals surface area contributed by atoms with Crippen molar-refractivity contribution in [2.75, 3.05) is 10.8 Å². The van der Waals surface area contributed by atoms with Gasteiger partial charge in [0.15, 0.2) is 0 Å². The molecule has 0 aliphatic rings. The number of rotatable bonds is 7. The summed E-state index contributed by atoms with van der Waals surface area (Å²) in [5, 5.41) is 2.93. The standard InChI is InChI=1S/C22H30N2O3S/c1-7-22(5,6)23-21(25)15-24(20-14-17(3)8-11-18(20)4)28(26,27)19-12-9-16(2)10-13-19/h8-14H,7,15H2,1-6H3,(H,23,25). The minimum absolute atomic E-state index is 0.168. The normalized spacial score (nSPS) is 11.9. The summed E-state index contributed by atoms with van der Waals surface area (Å²) in [6.07, 6.45) is 0.743. The molecule has 0 atom stereocenters. The van der Waals surface area contributed by atoms with Crippen molar-refractivity contribution in [3.8, 4) is 0 Å². The van der Waals surface area contributed by atoms with Crippen molar-refractivity contribution in [2.45, 2.75) is 58.4 Å². The van der Waals surface area contributed by atoms with Gasteiger partial charge in [-0.1, -0.05) is 36.8 Å². The number of nitrogens with one attached hydrogen (secondary N) is 1. The Morgan fingerprint density at radius 3 is 2.14 bits per heavy atom. The number of hydrogen-bond acceptors (Lipinski definition) is 3. The molecular formula is C22H30N2O3S. The van der Waals surface area contributed by atoms with Crippen LogP contribution in [0.3, 0.4) is 0 Å². The first-order valence-corrected chi connectivity index (χ1v) is 10.9. The topological polar surface area (TPSA) is 66.5 Å². The fourth-order valence-electron chi connectivity index (χ4n) is 2.76. The molecule has 5 nitrogen and oxygen atoms in total. The number of carbonyl (C=O) groups excluding carboxylic acids is 1. The van der Waals surface area contributed by atoms with Gasteiger partial charge < -0.3 is 5.32 Å². The molecule has 152 valence electrons. The Morgan fingerprint density at radius 2 is 1.57 bits per heavy atom. The average Bonchev–Trinajstić information content (AvgIpc) is 2.62. The second-order valence-electron chi connectivity index (χ2n) is 7.90. The molecule has 2 rings (SSSR count). The summed E-state index contributed by atoms with van der Waals surface area (Å²) in [7, 11) is -3.90. The number of nitrogens with zero attached hydrogens (tertiary/aromatic N) is 1. The second-order valence-corrected chi connectivity index (χ2v) is 9.76. The lowest BCUT2D eigenvalue weighted by Crippen LogP contribution is -2.48. The van der Waals surface area contributed by atoms with Crippen LogP contribution in [0.1, 0.15) is 43.9 Å². The molecule has 2 aromatic rings. The molecule has 2 aromatic carbocycles. The summed E-state index contributed by atoms with van der Waals surface area (Å²) in [6, 6.07) is 12.3. The zero-order valence-electron chi connectivity index (χ0n) is 17.5. The molecule has 0 radical (unpaired) electrons. The van der Waals surface area contributed by atoms with Crippen LogP contribution in [0.15, 0.2) is 47.4 Å². The van der Waals surface area contributed by atoms with E-state index in [0.29, 0.717) is 5.69 Å². The molecule has 1 amide bonds. The summed E-state index contributed by atoms with van der Waals surface area (Å²) in [5.74, 6) is -0.330. The van der Waals surface area contributed by atoms with Crippen LogP contribution in [0.4, 0.5) is 5.69 Å². The maximum absolute atomic E-state index is 13.4. The van der Waals surface area contributed by atoms with Gasteiger partial charge in [0.2, 0.25) is 5.91 Å². The molecule has 0 heterocycles. The van der Waals surface area contributed by atoms with E-state index >= 15 is 0 Å². The molecule has 0 saturated heterocycles. The quantitative estimate of drug-likeness (QED) is 0.758. The highest BCUT2D eigenvalue weighted by atomic mass is 32.2. The first kappa shape index (κ1) is 22.0. The molecule has 0 aliphatic heterocycles. The van der Waals surface area contributed by atoms with Crippen molar-refractivity contribution in [3.63, 3.8) is 0 Å². The lowest BCUT2D eigenvalue weighted by atomic mass is 10.0. The Kier molecular flexibility index (Phi) is 6.55. The van der Waals surface area contributed by atoms with Crippen LogP contribution in [0.25, 0.3) is 0 Å². The molecule has 0 unspecified atom stereocenters. The second kappa shape index (κ2) is 8.35. The van der Waals surface area contributed by atoms with Crippen LogP contribution in [0.2, 0.25) is 0 Å². The van der Waals surface area contributed by atoms with E-state index in [1.165, 1.54) is 4.31 Å². The van der Waals surface area contributed by atoms with Crippen LogP contribution in [0.5, 0.6) is 0 Å². The number of carbonyl (C=O) groups is 1. The van der Waals surface area contributed by atoms with Gasteiger partial charge >= 0.3 is 0 Å². The largest absolute Gasteiger partial charge is 0.350 e. The Balaban J connectivity index is 2.51. The van der Waals surface area contributed by atoms with E-state index in [1.807, 2.05) is 53.7 Å². The lowest BCUT2D eigenvalue weighted by molar-refractivity contribution is -0.121. The first-order chi connectivity index (χ1) is 13.0. The Morgan fingerprint density at radius 1 is 1.00 bits per heavy atom. The monoisotopic (exact) mass is 402 g/mol. The SMILES string of the molecule is CCC(C)(C)NC(=O)CN(c1cc(C)ccc1C)S(=O)(=O)c1ccc(C)cc1. The zero-order chi connectivity index (χ0) is 21.1. The van der Waals surface area contributed by atoms with Gasteiger partial charge in [-0.3, -0.25) is 9.10 Å². The van der Waals surface area contributed by atoms with Crippen molar-refractivity contribution in [3.05, 3.63) is 59.2 Å². The minimum Gasteiger partial charge on any atom is -0.350 e. The Bertz CT molecular complexity index is 948. The van der Waals surface area contributed by atoms with Gasteiger partial charge in [-0.15, -0.1) is 0 Å². The van der Waals surface area contributed by atoms with E-state index in [0.717, 1.165) is 23.1 Å². The predicted octanol–water partition coefficient (Wildman–Crippen LogP) is 4.11. The van der Waals surface area contributed by atoms with Gasteiger partial charge in [0.05, 0.1) is 10.6 Å². The van der Waals surface area contributed by atoms with Gasteiger partial charge in [0.25, 0.3) is 10.0 Å². The predicted molar refractivity (Wildman–Crippen MR) is 114 cm³/mol. The summed E-state index contributed by atoms with van der Waals surface area (Å²) in [4.78, 5) is 12.9. The van der Waals surface area contributed by atoms with Gasteiger partial charge in [-0.25, -0.2) is 8.42 Å². The highest BCUT2D eigenvalue weighted by Gasteiger charge is 2.29. The molecule has 1 N–H and O–H groups in total. The van der Waals surface area contributed by atoms with E-state index < -0.39 is 15.6 Å². The Hall–Kier alpha value is -2.34. The van der Waals surface area contributed by atoms with Crippen molar-refractivity contribution in [1.82, 2.24) is 5.32 Å². The van der Waals surface area contributed by atoms with Crippen molar-refractivity contribution >= 4 is 21.6 Å². The number of aryl methyl sites for hydroxylation is 3. The molecule has 0 saturated carbocycles. The molecule has 0 fully saturated rings. The average molecular weight is 403 g/mol. The molecule has 0 aromatic heterocycles. The maximum atomic E-state index is 13.4. The van der Waals surface area contributed by atoms with E-state index in [4.69, 9.17) is 0 Å². The molecule has 28 heavy (non-hydrogen) atoms. The van der Waals surface area contributed by atoms with E-state index in [1.54, 1.807) is 30.3 Å². The van der Waals surface area contributed by atoms with Gasteiger partial charge in [-0.2, -0.15) is 0 Å².